The minimum Gasteiger partial charge on any atom is -0.256 e. The highest BCUT2D eigenvalue weighted by Crippen LogP contribution is 2.17. The van der Waals surface area contributed by atoms with Crippen LogP contribution in [0.25, 0.3) is 22.4 Å². The van der Waals surface area contributed by atoms with E-state index in [1.54, 1.807) is 4.68 Å². The van der Waals surface area contributed by atoms with Crippen LogP contribution in [0.5, 0.6) is 0 Å². The predicted molar refractivity (Wildman–Crippen MR) is 99.4 cm³/mol. The molecule has 5 rings (SSSR count). The Morgan fingerprint density at radius 3 is 2.85 bits per heavy atom. The van der Waals surface area contributed by atoms with E-state index in [9.17, 15) is 0 Å². The number of fused-ring (bicyclic) bond motifs is 2. The first kappa shape index (κ1) is 14.8. The first-order valence-corrected chi connectivity index (χ1v) is 8.45. The lowest BCUT2D eigenvalue weighted by Gasteiger charge is -2.05. The van der Waals surface area contributed by atoms with Gasteiger partial charge >= 0.3 is 0 Å². The number of aromatic nitrogens is 6. The molecule has 6 heteroatoms. The largest absolute Gasteiger partial charge is 0.256 e. The molecule has 5 aromatic rings. The molecule has 126 valence electrons. The molecule has 26 heavy (non-hydrogen) atoms. The number of pyridine rings is 1. The summed E-state index contributed by atoms with van der Waals surface area (Å²) in [5, 5.41) is 10.2. The van der Waals surface area contributed by atoms with E-state index in [0.717, 1.165) is 40.0 Å². The van der Waals surface area contributed by atoms with E-state index < -0.39 is 0 Å². The number of hydrogen-bond acceptors (Lipinski definition) is 4. The van der Waals surface area contributed by atoms with Gasteiger partial charge in [-0.2, -0.15) is 5.10 Å². The Morgan fingerprint density at radius 2 is 1.96 bits per heavy atom. The maximum atomic E-state index is 4.72. The van der Waals surface area contributed by atoms with Gasteiger partial charge in [0.25, 0.3) is 0 Å². The standard InChI is InChI=1S/C20H16N6/c1-14-11-23-25(13-14)20-7-6-19-22-12-17(26(19)24-20)10-15-4-5-18-16(9-15)3-2-8-21-18/h2-9,11-13H,10H2,1H3. The SMILES string of the molecule is Cc1cnn(-c2ccc3ncc(Cc4ccc5ncccc5c4)n3n2)c1. The molecule has 0 unspecified atom stereocenters. The van der Waals surface area contributed by atoms with Gasteiger partial charge in [-0.25, -0.2) is 14.2 Å². The summed E-state index contributed by atoms with van der Waals surface area (Å²) in [6.45, 7) is 2.01. The fourth-order valence-electron chi connectivity index (χ4n) is 3.14. The zero-order valence-corrected chi connectivity index (χ0v) is 14.2. The molecular formula is C20H16N6. The zero-order valence-electron chi connectivity index (χ0n) is 14.2. The van der Waals surface area contributed by atoms with Crippen LogP contribution in [0.4, 0.5) is 0 Å². The van der Waals surface area contributed by atoms with Gasteiger partial charge in [0.05, 0.1) is 23.6 Å². The summed E-state index contributed by atoms with van der Waals surface area (Å²) < 4.78 is 3.67. The van der Waals surface area contributed by atoms with Crippen LogP contribution in [0.15, 0.2) is 67.3 Å². The zero-order chi connectivity index (χ0) is 17.5. The third-order valence-corrected chi connectivity index (χ3v) is 4.42. The average molecular weight is 340 g/mol. The molecule has 0 amide bonds. The Bertz CT molecular complexity index is 1230. The molecule has 0 aliphatic rings. The molecule has 0 fully saturated rings. The Kier molecular flexibility index (Phi) is 3.28. The third-order valence-electron chi connectivity index (χ3n) is 4.42. The summed E-state index contributed by atoms with van der Waals surface area (Å²) in [4.78, 5) is 8.85. The fraction of sp³-hybridized carbons (Fsp3) is 0.100. The van der Waals surface area contributed by atoms with Crippen molar-refractivity contribution in [1.29, 1.82) is 0 Å². The monoisotopic (exact) mass is 340 g/mol. The van der Waals surface area contributed by atoms with Gasteiger partial charge in [0.1, 0.15) is 0 Å². The van der Waals surface area contributed by atoms with Crippen LogP contribution < -0.4 is 0 Å². The maximum Gasteiger partial charge on any atom is 0.174 e. The van der Waals surface area contributed by atoms with Crippen molar-refractivity contribution in [2.75, 3.05) is 0 Å². The van der Waals surface area contributed by atoms with E-state index in [-0.39, 0.29) is 0 Å². The minimum absolute atomic E-state index is 0.751. The maximum absolute atomic E-state index is 4.72. The quantitative estimate of drug-likeness (QED) is 0.505. The van der Waals surface area contributed by atoms with Gasteiger partial charge in [0.15, 0.2) is 11.5 Å². The second-order valence-corrected chi connectivity index (χ2v) is 6.38. The first-order chi connectivity index (χ1) is 12.8. The van der Waals surface area contributed by atoms with Crippen molar-refractivity contribution in [3.8, 4) is 5.82 Å². The van der Waals surface area contributed by atoms with Crippen molar-refractivity contribution in [2.45, 2.75) is 13.3 Å². The number of hydrogen-bond donors (Lipinski definition) is 0. The van der Waals surface area contributed by atoms with Crippen LogP contribution in [0.3, 0.4) is 0 Å². The smallest absolute Gasteiger partial charge is 0.174 e. The first-order valence-electron chi connectivity index (χ1n) is 8.45. The summed E-state index contributed by atoms with van der Waals surface area (Å²) in [7, 11) is 0. The van der Waals surface area contributed by atoms with E-state index in [1.165, 1.54) is 5.56 Å². The number of aryl methyl sites for hydroxylation is 1. The van der Waals surface area contributed by atoms with Gasteiger partial charge < -0.3 is 0 Å². The number of rotatable bonds is 3. The lowest BCUT2D eigenvalue weighted by atomic mass is 10.1. The van der Waals surface area contributed by atoms with E-state index in [2.05, 4.69) is 39.3 Å². The highest BCUT2D eigenvalue weighted by Gasteiger charge is 2.09. The van der Waals surface area contributed by atoms with Crippen molar-refractivity contribution in [1.82, 2.24) is 29.4 Å². The number of benzene rings is 1. The Labute approximate surface area is 149 Å². The normalized spacial score (nSPS) is 11.4. The Morgan fingerprint density at radius 1 is 1.00 bits per heavy atom. The van der Waals surface area contributed by atoms with Crippen LogP contribution in [-0.4, -0.2) is 29.4 Å². The molecule has 0 bridgehead atoms. The lowest BCUT2D eigenvalue weighted by Crippen LogP contribution is -2.05. The second kappa shape index (κ2) is 5.77. The van der Waals surface area contributed by atoms with Crippen molar-refractivity contribution < 1.29 is 0 Å². The highest BCUT2D eigenvalue weighted by molar-refractivity contribution is 5.79. The molecule has 0 radical (unpaired) electrons. The topological polar surface area (TPSA) is 60.9 Å². The van der Waals surface area contributed by atoms with Gasteiger partial charge in [-0.15, -0.1) is 5.10 Å². The summed E-state index contributed by atoms with van der Waals surface area (Å²) in [6.07, 6.45) is 8.23. The Hall–Kier alpha value is -3.54. The molecule has 0 saturated carbocycles. The van der Waals surface area contributed by atoms with Gasteiger partial charge in [-0.05, 0) is 48.4 Å². The molecule has 0 aliphatic carbocycles. The van der Waals surface area contributed by atoms with Gasteiger partial charge in [-0.3, -0.25) is 4.98 Å². The van der Waals surface area contributed by atoms with Crippen molar-refractivity contribution >= 4 is 16.6 Å². The Balaban J connectivity index is 1.55. The molecular weight excluding hydrogens is 324 g/mol. The molecule has 4 aromatic heterocycles. The van der Waals surface area contributed by atoms with Gasteiger partial charge in [-0.1, -0.05) is 12.1 Å². The molecule has 1 aromatic carbocycles. The number of nitrogens with zero attached hydrogens (tertiary/aromatic N) is 6. The summed E-state index contributed by atoms with van der Waals surface area (Å²) in [5.41, 5.74) is 5.17. The molecule has 0 saturated heterocycles. The summed E-state index contributed by atoms with van der Waals surface area (Å²) >= 11 is 0. The van der Waals surface area contributed by atoms with E-state index in [4.69, 9.17) is 5.10 Å². The second-order valence-electron chi connectivity index (χ2n) is 6.38. The summed E-state index contributed by atoms with van der Waals surface area (Å²) in [6, 6.07) is 14.3. The van der Waals surface area contributed by atoms with Crippen LogP contribution in [-0.2, 0) is 6.42 Å². The molecule has 0 aliphatic heterocycles. The van der Waals surface area contributed by atoms with Crippen LogP contribution in [0.2, 0.25) is 0 Å². The summed E-state index contributed by atoms with van der Waals surface area (Å²) in [5.74, 6) is 0.771. The average Bonchev–Trinajstić information content (AvgIpc) is 3.28. The van der Waals surface area contributed by atoms with Crippen LogP contribution in [0.1, 0.15) is 16.8 Å². The van der Waals surface area contributed by atoms with Crippen LogP contribution >= 0.6 is 0 Å². The van der Waals surface area contributed by atoms with Crippen LogP contribution in [0, 0.1) is 6.92 Å². The van der Waals surface area contributed by atoms with Gasteiger partial charge in [0.2, 0.25) is 0 Å². The molecule has 0 N–H and O–H groups in total. The van der Waals surface area contributed by atoms with Crippen molar-refractivity contribution in [3.05, 3.63) is 84.1 Å². The van der Waals surface area contributed by atoms with E-state index in [0.29, 0.717) is 0 Å². The van der Waals surface area contributed by atoms with E-state index >= 15 is 0 Å². The van der Waals surface area contributed by atoms with Crippen molar-refractivity contribution in [3.63, 3.8) is 0 Å². The molecule has 6 nitrogen and oxygen atoms in total. The van der Waals surface area contributed by atoms with Crippen molar-refractivity contribution in [2.24, 2.45) is 0 Å². The molecule has 4 heterocycles. The van der Waals surface area contributed by atoms with Gasteiger partial charge in [0, 0.05) is 24.2 Å². The predicted octanol–water partition coefficient (Wildman–Crippen LogP) is 3.36. The number of imidazole rings is 1. The highest BCUT2D eigenvalue weighted by atomic mass is 15.4. The third kappa shape index (κ3) is 2.52. The minimum atomic E-state index is 0.751. The fourth-order valence-corrected chi connectivity index (χ4v) is 3.14. The van der Waals surface area contributed by atoms with E-state index in [1.807, 2.05) is 54.4 Å². The lowest BCUT2D eigenvalue weighted by molar-refractivity contribution is 0.776. The molecule has 0 atom stereocenters. The molecule has 0 spiro atoms.